The Labute approximate surface area is 91.2 Å². The van der Waals surface area contributed by atoms with E-state index in [2.05, 4.69) is 0 Å². The van der Waals surface area contributed by atoms with Crippen LogP contribution in [0.1, 0.15) is 38.5 Å². The first-order chi connectivity index (χ1) is 7.05. The van der Waals surface area contributed by atoms with Crippen LogP contribution in [0.3, 0.4) is 0 Å². The second kappa shape index (κ2) is 3.89. The minimum Gasteiger partial charge on any atom is -0.303 e. The van der Waals surface area contributed by atoms with Gasteiger partial charge >= 0.3 is 0 Å². The zero-order valence-electron chi connectivity index (χ0n) is 8.94. The molecule has 1 unspecified atom stereocenters. The van der Waals surface area contributed by atoms with E-state index in [-0.39, 0.29) is 11.5 Å². The van der Waals surface area contributed by atoms with Gasteiger partial charge in [0.25, 0.3) is 0 Å². The summed E-state index contributed by atoms with van der Waals surface area (Å²) in [5.41, 5.74) is -0.534. The fraction of sp³-hybridized carbons (Fsp3) is 0.909. The third-order valence-electron chi connectivity index (χ3n) is 3.84. The fourth-order valence-corrected chi connectivity index (χ4v) is 5.10. The molecule has 1 aliphatic heterocycles. The van der Waals surface area contributed by atoms with Crippen LogP contribution < -0.4 is 0 Å². The molecule has 0 bridgehead atoms. The maximum Gasteiger partial charge on any atom is 0.151 e. The van der Waals surface area contributed by atoms with Crippen molar-refractivity contribution in [2.24, 2.45) is 11.3 Å². The Balaban J connectivity index is 2.06. The molecule has 1 saturated carbocycles. The summed E-state index contributed by atoms with van der Waals surface area (Å²) in [5.74, 6) is 0.891. The van der Waals surface area contributed by atoms with E-state index >= 15 is 0 Å². The van der Waals surface area contributed by atoms with E-state index in [4.69, 9.17) is 0 Å². The molecule has 1 saturated heterocycles. The van der Waals surface area contributed by atoms with Crippen molar-refractivity contribution in [3.63, 3.8) is 0 Å². The van der Waals surface area contributed by atoms with Crippen molar-refractivity contribution in [1.29, 1.82) is 0 Å². The van der Waals surface area contributed by atoms with Crippen molar-refractivity contribution in [1.82, 2.24) is 0 Å². The summed E-state index contributed by atoms with van der Waals surface area (Å²) < 4.78 is 22.8. The quantitative estimate of drug-likeness (QED) is 0.691. The molecule has 0 aromatic heterocycles. The molecule has 0 N–H and O–H groups in total. The topological polar surface area (TPSA) is 51.2 Å². The summed E-state index contributed by atoms with van der Waals surface area (Å²) in [4.78, 5) is 11.1. The Kier molecular flexibility index (Phi) is 2.88. The van der Waals surface area contributed by atoms with Crippen LogP contribution in [0.25, 0.3) is 0 Å². The Morgan fingerprint density at radius 1 is 1.27 bits per heavy atom. The smallest absolute Gasteiger partial charge is 0.151 e. The van der Waals surface area contributed by atoms with Gasteiger partial charge in [0, 0.05) is 5.41 Å². The number of rotatable bonds is 3. The molecule has 0 aromatic rings. The van der Waals surface area contributed by atoms with Gasteiger partial charge in [-0.05, 0) is 18.8 Å². The summed E-state index contributed by atoms with van der Waals surface area (Å²) in [6.07, 6.45) is 7.10. The van der Waals surface area contributed by atoms with Crippen LogP contribution in [0.4, 0.5) is 0 Å². The van der Waals surface area contributed by atoms with Crippen LogP contribution in [0.2, 0.25) is 0 Å². The van der Waals surface area contributed by atoms with Gasteiger partial charge in [0.15, 0.2) is 9.84 Å². The predicted octanol–water partition coefficient (Wildman–Crippen LogP) is 1.57. The Morgan fingerprint density at radius 2 is 1.93 bits per heavy atom. The van der Waals surface area contributed by atoms with Gasteiger partial charge < -0.3 is 4.79 Å². The van der Waals surface area contributed by atoms with Gasteiger partial charge in [-0.15, -0.1) is 0 Å². The van der Waals surface area contributed by atoms with E-state index < -0.39 is 15.3 Å². The van der Waals surface area contributed by atoms with Crippen molar-refractivity contribution in [3.8, 4) is 0 Å². The summed E-state index contributed by atoms with van der Waals surface area (Å²) in [5, 5.41) is 0. The monoisotopic (exact) mass is 230 g/mol. The Hall–Kier alpha value is -0.380. The third kappa shape index (κ3) is 2.41. The van der Waals surface area contributed by atoms with Crippen LogP contribution >= 0.6 is 0 Å². The van der Waals surface area contributed by atoms with Gasteiger partial charge in [-0.1, -0.05) is 25.7 Å². The first-order valence-electron chi connectivity index (χ1n) is 5.72. The van der Waals surface area contributed by atoms with E-state index in [1.54, 1.807) is 0 Å². The molecule has 3 nitrogen and oxygen atoms in total. The van der Waals surface area contributed by atoms with E-state index in [1.165, 1.54) is 25.7 Å². The molecular formula is C11H18O3S. The average Bonchev–Trinajstić information content (AvgIpc) is 2.75. The highest BCUT2D eigenvalue weighted by molar-refractivity contribution is 7.91. The van der Waals surface area contributed by atoms with Gasteiger partial charge in [-0.25, -0.2) is 8.42 Å². The van der Waals surface area contributed by atoms with Gasteiger partial charge in [0.2, 0.25) is 0 Å². The van der Waals surface area contributed by atoms with Crippen molar-refractivity contribution in [2.45, 2.75) is 38.5 Å². The van der Waals surface area contributed by atoms with E-state index in [0.717, 1.165) is 12.7 Å². The molecule has 2 rings (SSSR count). The SMILES string of the molecule is O=CC1(CC2CCCC2)CCS(=O)(=O)C1. The predicted molar refractivity (Wildman–Crippen MR) is 58.3 cm³/mol. The number of hydrogen-bond donors (Lipinski definition) is 0. The van der Waals surface area contributed by atoms with E-state index in [9.17, 15) is 13.2 Å². The summed E-state index contributed by atoms with van der Waals surface area (Å²) >= 11 is 0. The van der Waals surface area contributed by atoms with Crippen molar-refractivity contribution in [2.75, 3.05) is 11.5 Å². The molecule has 4 heteroatoms. The number of carbonyl (C=O) groups excluding carboxylic acids is 1. The molecule has 86 valence electrons. The zero-order chi connectivity index (χ0) is 10.9. The highest BCUT2D eigenvalue weighted by Gasteiger charge is 2.43. The molecule has 2 fully saturated rings. The van der Waals surface area contributed by atoms with Gasteiger partial charge in [0.05, 0.1) is 11.5 Å². The van der Waals surface area contributed by atoms with E-state index in [0.29, 0.717) is 12.3 Å². The normalized spacial score (nSPS) is 35.7. The molecule has 0 aromatic carbocycles. The minimum absolute atomic E-state index is 0.0972. The Bertz CT molecular complexity index is 341. The van der Waals surface area contributed by atoms with Crippen LogP contribution in [-0.2, 0) is 14.6 Å². The second-order valence-corrected chi connectivity index (χ2v) is 7.36. The molecule has 1 atom stereocenters. The first-order valence-corrected chi connectivity index (χ1v) is 7.54. The molecule has 15 heavy (non-hydrogen) atoms. The zero-order valence-corrected chi connectivity index (χ0v) is 9.76. The number of hydrogen-bond acceptors (Lipinski definition) is 3. The lowest BCUT2D eigenvalue weighted by Gasteiger charge is -2.23. The highest BCUT2D eigenvalue weighted by atomic mass is 32.2. The Morgan fingerprint density at radius 3 is 2.40 bits per heavy atom. The molecule has 1 heterocycles. The summed E-state index contributed by atoms with van der Waals surface area (Å²) in [6.45, 7) is 0. The van der Waals surface area contributed by atoms with Gasteiger partial charge in [-0.3, -0.25) is 0 Å². The summed E-state index contributed by atoms with van der Waals surface area (Å²) in [6, 6.07) is 0. The van der Waals surface area contributed by atoms with Crippen LogP contribution in [0.5, 0.6) is 0 Å². The third-order valence-corrected chi connectivity index (χ3v) is 5.68. The molecule has 0 amide bonds. The number of carbonyl (C=O) groups is 1. The van der Waals surface area contributed by atoms with Crippen molar-refractivity contribution < 1.29 is 13.2 Å². The minimum atomic E-state index is -2.94. The fourth-order valence-electron chi connectivity index (χ4n) is 3.03. The first kappa shape index (κ1) is 11.1. The number of aldehydes is 1. The average molecular weight is 230 g/mol. The molecule has 0 spiro atoms. The summed E-state index contributed by atoms with van der Waals surface area (Å²) in [7, 11) is -2.94. The molecule has 1 aliphatic carbocycles. The molecule has 0 radical (unpaired) electrons. The van der Waals surface area contributed by atoms with Gasteiger partial charge in [-0.2, -0.15) is 0 Å². The maximum atomic E-state index is 11.4. The van der Waals surface area contributed by atoms with Crippen molar-refractivity contribution in [3.05, 3.63) is 0 Å². The lowest BCUT2D eigenvalue weighted by atomic mass is 9.79. The van der Waals surface area contributed by atoms with Crippen molar-refractivity contribution >= 4 is 16.1 Å². The largest absolute Gasteiger partial charge is 0.303 e. The molecule has 2 aliphatic rings. The standard InChI is InChI=1S/C11H18O3S/c12-8-11(5-6-15(13,14)9-11)7-10-3-1-2-4-10/h8,10H,1-7,9H2. The van der Waals surface area contributed by atoms with Gasteiger partial charge in [0.1, 0.15) is 6.29 Å². The number of sulfone groups is 1. The maximum absolute atomic E-state index is 11.4. The van der Waals surface area contributed by atoms with Crippen LogP contribution in [0, 0.1) is 11.3 Å². The molecular weight excluding hydrogens is 212 g/mol. The van der Waals surface area contributed by atoms with Crippen LogP contribution in [0.15, 0.2) is 0 Å². The lowest BCUT2D eigenvalue weighted by Crippen LogP contribution is -2.26. The van der Waals surface area contributed by atoms with E-state index in [1.807, 2.05) is 0 Å². The second-order valence-electron chi connectivity index (χ2n) is 5.18. The lowest BCUT2D eigenvalue weighted by molar-refractivity contribution is -0.115. The highest BCUT2D eigenvalue weighted by Crippen LogP contribution is 2.41. The van der Waals surface area contributed by atoms with Crippen LogP contribution in [-0.4, -0.2) is 26.2 Å².